The number of nitrogens with one attached hydrogen (secondary N) is 1. The predicted octanol–water partition coefficient (Wildman–Crippen LogP) is 2.58. The third-order valence-corrected chi connectivity index (χ3v) is 3.51. The Labute approximate surface area is 97.6 Å². The van der Waals surface area contributed by atoms with Crippen LogP contribution in [-0.2, 0) is 0 Å². The van der Waals surface area contributed by atoms with Gasteiger partial charge in [0, 0.05) is 0 Å². The Hall–Kier alpha value is -1.81. The van der Waals surface area contributed by atoms with E-state index in [1.54, 1.807) is 11.3 Å². The van der Waals surface area contributed by atoms with E-state index in [4.69, 9.17) is 5.73 Å². The molecule has 1 aromatic heterocycles. The minimum Gasteiger partial charge on any atom is -0.383 e. The van der Waals surface area contributed by atoms with Crippen LogP contribution in [0.4, 0.5) is 5.69 Å². The van der Waals surface area contributed by atoms with Gasteiger partial charge in [0.05, 0.1) is 10.6 Å². The number of fused-ring (bicyclic) bond motifs is 1. The van der Waals surface area contributed by atoms with Crippen molar-refractivity contribution in [1.82, 2.24) is 0 Å². The Balaban J connectivity index is 2.00. The van der Waals surface area contributed by atoms with Crippen molar-refractivity contribution in [3.8, 4) is 0 Å². The van der Waals surface area contributed by atoms with Crippen molar-refractivity contribution in [3.63, 3.8) is 0 Å². The first-order valence-electron chi connectivity index (χ1n) is 5.07. The van der Waals surface area contributed by atoms with Crippen molar-refractivity contribution in [2.75, 3.05) is 5.32 Å². The lowest BCUT2D eigenvalue weighted by Crippen LogP contribution is -2.23. The molecule has 80 valence electrons. The van der Waals surface area contributed by atoms with Gasteiger partial charge < -0.3 is 11.1 Å². The van der Waals surface area contributed by atoms with Gasteiger partial charge in [-0.15, -0.1) is 11.3 Å². The van der Waals surface area contributed by atoms with Crippen LogP contribution in [0.5, 0.6) is 0 Å². The van der Waals surface area contributed by atoms with Crippen LogP contribution in [-0.4, -0.2) is 5.84 Å². The van der Waals surface area contributed by atoms with Gasteiger partial charge in [-0.3, -0.25) is 0 Å². The van der Waals surface area contributed by atoms with Crippen molar-refractivity contribution in [2.24, 2.45) is 10.7 Å². The molecule has 0 saturated heterocycles. The Kier molecular flexibility index (Phi) is 2.15. The summed E-state index contributed by atoms with van der Waals surface area (Å²) in [5.74, 6) is 0.623. The molecule has 1 atom stereocenters. The van der Waals surface area contributed by atoms with Crippen LogP contribution in [0.3, 0.4) is 0 Å². The van der Waals surface area contributed by atoms with Gasteiger partial charge in [0.1, 0.15) is 12.0 Å². The lowest BCUT2D eigenvalue weighted by molar-refractivity contribution is 0.828. The highest BCUT2D eigenvalue weighted by atomic mass is 32.1. The second-order valence-corrected chi connectivity index (χ2v) is 4.55. The largest absolute Gasteiger partial charge is 0.383 e. The Morgan fingerprint density at radius 3 is 2.81 bits per heavy atom. The van der Waals surface area contributed by atoms with E-state index in [-0.39, 0.29) is 6.17 Å². The molecule has 4 heteroatoms. The molecular weight excluding hydrogens is 218 g/mol. The van der Waals surface area contributed by atoms with Crippen LogP contribution in [0, 0.1) is 0 Å². The van der Waals surface area contributed by atoms with Gasteiger partial charge in [-0.2, -0.15) is 0 Å². The number of nitrogens with two attached hydrogens (primary N) is 1. The first-order chi connectivity index (χ1) is 7.84. The maximum absolute atomic E-state index is 5.94. The zero-order chi connectivity index (χ0) is 11.0. The lowest BCUT2D eigenvalue weighted by Gasteiger charge is -2.21. The van der Waals surface area contributed by atoms with Gasteiger partial charge in [-0.05, 0) is 17.0 Å². The summed E-state index contributed by atoms with van der Waals surface area (Å²) in [6.07, 6.45) is -0.0664. The van der Waals surface area contributed by atoms with Crippen LogP contribution in [0.1, 0.15) is 16.6 Å². The van der Waals surface area contributed by atoms with Crippen molar-refractivity contribution >= 4 is 22.9 Å². The number of amidine groups is 1. The number of thiophene rings is 1. The molecule has 3 nitrogen and oxygen atoms in total. The maximum atomic E-state index is 5.94. The monoisotopic (exact) mass is 229 g/mol. The van der Waals surface area contributed by atoms with Crippen LogP contribution in [0.25, 0.3) is 0 Å². The van der Waals surface area contributed by atoms with Gasteiger partial charge in [-0.1, -0.05) is 30.3 Å². The Morgan fingerprint density at radius 2 is 2.00 bits per heavy atom. The topological polar surface area (TPSA) is 50.4 Å². The molecule has 1 aliphatic heterocycles. The van der Waals surface area contributed by atoms with Crippen LogP contribution >= 0.6 is 11.3 Å². The molecule has 16 heavy (non-hydrogen) atoms. The fourth-order valence-electron chi connectivity index (χ4n) is 1.79. The summed E-state index contributed by atoms with van der Waals surface area (Å²) in [5, 5.41) is 5.39. The normalized spacial score (nSPS) is 18.5. The summed E-state index contributed by atoms with van der Waals surface area (Å²) in [4.78, 5) is 5.49. The average Bonchev–Trinajstić information content (AvgIpc) is 2.79. The fraction of sp³-hybridized carbons (Fsp3) is 0.0833. The zero-order valence-electron chi connectivity index (χ0n) is 8.55. The highest BCUT2D eigenvalue weighted by Crippen LogP contribution is 2.31. The van der Waals surface area contributed by atoms with Gasteiger partial charge in [0.2, 0.25) is 0 Å². The van der Waals surface area contributed by atoms with E-state index in [1.807, 2.05) is 41.8 Å². The van der Waals surface area contributed by atoms with E-state index < -0.39 is 0 Å². The predicted molar refractivity (Wildman–Crippen MR) is 67.8 cm³/mol. The SMILES string of the molecule is NC1=NC(c2ccccc2)Nc2ccsc21. The Morgan fingerprint density at radius 1 is 1.19 bits per heavy atom. The second kappa shape index (κ2) is 3.64. The highest BCUT2D eigenvalue weighted by molar-refractivity contribution is 7.12. The van der Waals surface area contributed by atoms with Gasteiger partial charge in [0.15, 0.2) is 0 Å². The van der Waals surface area contributed by atoms with Crippen LogP contribution in [0.15, 0.2) is 46.8 Å². The van der Waals surface area contributed by atoms with Crippen molar-refractivity contribution < 1.29 is 0 Å². The maximum Gasteiger partial charge on any atom is 0.147 e. The Bertz CT molecular complexity index is 530. The quantitative estimate of drug-likeness (QED) is 0.789. The smallest absolute Gasteiger partial charge is 0.147 e. The number of hydrogen-bond donors (Lipinski definition) is 2. The molecule has 1 unspecified atom stereocenters. The first kappa shape index (κ1) is 9.42. The van der Waals surface area contributed by atoms with Crippen molar-refractivity contribution in [3.05, 3.63) is 52.2 Å². The molecule has 3 N–H and O–H groups in total. The molecule has 0 saturated carbocycles. The summed E-state index contributed by atoms with van der Waals surface area (Å²) in [6, 6.07) is 12.1. The molecule has 2 heterocycles. The minimum absolute atomic E-state index is 0.0664. The van der Waals surface area contributed by atoms with E-state index >= 15 is 0 Å². The third-order valence-electron chi connectivity index (χ3n) is 2.57. The van der Waals surface area contributed by atoms with E-state index in [9.17, 15) is 0 Å². The van der Waals surface area contributed by atoms with Gasteiger partial charge in [0.25, 0.3) is 0 Å². The van der Waals surface area contributed by atoms with E-state index in [1.165, 1.54) is 0 Å². The third kappa shape index (κ3) is 1.47. The molecule has 2 aromatic rings. The summed E-state index contributed by atoms with van der Waals surface area (Å²) >= 11 is 1.61. The van der Waals surface area contributed by atoms with Crippen molar-refractivity contribution in [2.45, 2.75) is 6.17 Å². The number of rotatable bonds is 1. The molecule has 1 aromatic carbocycles. The van der Waals surface area contributed by atoms with Crippen molar-refractivity contribution in [1.29, 1.82) is 0 Å². The molecule has 3 rings (SSSR count). The van der Waals surface area contributed by atoms with Gasteiger partial charge >= 0.3 is 0 Å². The summed E-state index contributed by atoms with van der Waals surface area (Å²) in [7, 11) is 0. The minimum atomic E-state index is -0.0664. The van der Waals surface area contributed by atoms with Crippen LogP contribution in [0.2, 0.25) is 0 Å². The molecule has 0 fully saturated rings. The number of aliphatic imine (C=N–C) groups is 1. The number of benzene rings is 1. The molecule has 0 spiro atoms. The standard InChI is InChI=1S/C12H11N3S/c13-11-10-9(6-7-16-10)14-12(15-11)8-4-2-1-3-5-8/h1-7,12,14H,(H2,13,15). The summed E-state index contributed by atoms with van der Waals surface area (Å²) in [6.45, 7) is 0. The highest BCUT2D eigenvalue weighted by Gasteiger charge is 2.20. The zero-order valence-corrected chi connectivity index (χ0v) is 9.37. The average molecular weight is 229 g/mol. The fourth-order valence-corrected chi connectivity index (χ4v) is 2.56. The second-order valence-electron chi connectivity index (χ2n) is 3.64. The van der Waals surface area contributed by atoms with Crippen LogP contribution < -0.4 is 11.1 Å². The van der Waals surface area contributed by atoms with E-state index in [2.05, 4.69) is 10.3 Å². The summed E-state index contributed by atoms with van der Waals surface area (Å²) in [5.41, 5.74) is 8.14. The van der Waals surface area contributed by atoms with E-state index in [0.717, 1.165) is 16.1 Å². The molecule has 1 aliphatic rings. The summed E-state index contributed by atoms with van der Waals surface area (Å²) < 4.78 is 0. The lowest BCUT2D eigenvalue weighted by atomic mass is 10.1. The van der Waals surface area contributed by atoms with E-state index in [0.29, 0.717) is 5.84 Å². The molecule has 0 aliphatic carbocycles. The molecular formula is C12H11N3S. The molecule has 0 amide bonds. The molecule has 0 bridgehead atoms. The van der Waals surface area contributed by atoms with Gasteiger partial charge in [-0.25, -0.2) is 4.99 Å². The number of nitrogens with zero attached hydrogens (tertiary/aromatic N) is 1. The first-order valence-corrected chi connectivity index (χ1v) is 5.95. The number of anilines is 1. The number of hydrogen-bond acceptors (Lipinski definition) is 4. The molecule has 0 radical (unpaired) electrons.